The van der Waals surface area contributed by atoms with Gasteiger partial charge in [0.05, 0.1) is 11.0 Å². The van der Waals surface area contributed by atoms with Crippen molar-refractivity contribution in [3.63, 3.8) is 0 Å². The van der Waals surface area contributed by atoms with Crippen LogP contribution in [0, 0.1) is 0 Å². The van der Waals surface area contributed by atoms with Gasteiger partial charge >= 0.3 is 0 Å². The Morgan fingerprint density at radius 1 is 1.14 bits per heavy atom. The third-order valence-corrected chi connectivity index (χ3v) is 4.83. The molecule has 2 aliphatic rings. The summed E-state index contributed by atoms with van der Waals surface area (Å²) in [5.74, 6) is 0. The minimum atomic E-state index is -0.783. The first-order valence-corrected chi connectivity index (χ1v) is 6.95. The van der Waals surface area contributed by atoms with E-state index in [1.807, 2.05) is 0 Å². The van der Waals surface area contributed by atoms with Gasteiger partial charge in [-0.05, 0) is 32.2 Å². The van der Waals surface area contributed by atoms with Gasteiger partial charge < -0.3 is 5.32 Å². The molecule has 1 unspecified atom stereocenters. The highest BCUT2D eigenvalue weighted by molar-refractivity contribution is 7.83. The van der Waals surface area contributed by atoms with Crippen LogP contribution in [-0.4, -0.2) is 28.6 Å². The Bertz CT molecular complexity index is 198. The van der Waals surface area contributed by atoms with Crippen molar-refractivity contribution in [1.82, 2.24) is 10.0 Å². The molecule has 1 aliphatic carbocycles. The molecule has 1 saturated carbocycles. The maximum atomic E-state index is 11.9. The van der Waals surface area contributed by atoms with E-state index in [0.717, 1.165) is 25.9 Å². The predicted octanol–water partition coefficient (Wildman–Crippen LogP) is 0.934. The SMILES string of the molecule is O=S(N[C@H]1CCCNC1)C1CCCC1. The van der Waals surface area contributed by atoms with E-state index in [4.69, 9.17) is 0 Å². The average molecular weight is 216 g/mol. The number of rotatable bonds is 3. The number of hydrogen-bond donors (Lipinski definition) is 2. The molecule has 0 aromatic rings. The molecule has 0 aromatic heterocycles. The van der Waals surface area contributed by atoms with Crippen LogP contribution in [0.5, 0.6) is 0 Å². The normalized spacial score (nSPS) is 31.9. The van der Waals surface area contributed by atoms with Gasteiger partial charge in [0.2, 0.25) is 0 Å². The van der Waals surface area contributed by atoms with Gasteiger partial charge in [-0.2, -0.15) is 0 Å². The monoisotopic (exact) mass is 216 g/mol. The average Bonchev–Trinajstić information content (AvgIpc) is 2.72. The molecular formula is C10H20N2OS. The Morgan fingerprint density at radius 2 is 1.93 bits per heavy atom. The van der Waals surface area contributed by atoms with Crippen LogP contribution in [0.25, 0.3) is 0 Å². The minimum absolute atomic E-state index is 0.428. The lowest BCUT2D eigenvalue weighted by molar-refractivity contribution is 0.435. The molecular weight excluding hydrogens is 196 g/mol. The molecule has 0 radical (unpaired) electrons. The molecule has 14 heavy (non-hydrogen) atoms. The Balaban J connectivity index is 1.75. The molecule has 0 bridgehead atoms. The first-order valence-electron chi connectivity index (χ1n) is 5.74. The van der Waals surface area contributed by atoms with E-state index >= 15 is 0 Å². The summed E-state index contributed by atoms with van der Waals surface area (Å²) in [7, 11) is -0.783. The van der Waals surface area contributed by atoms with Gasteiger partial charge in [0.25, 0.3) is 0 Å². The van der Waals surface area contributed by atoms with Crippen molar-refractivity contribution in [2.75, 3.05) is 13.1 Å². The standard InChI is InChI=1S/C10H20N2OS/c13-14(10-5-1-2-6-10)12-9-4-3-7-11-8-9/h9-12H,1-8H2/t9-,14?/m0/s1. The van der Waals surface area contributed by atoms with Gasteiger partial charge in [-0.3, -0.25) is 0 Å². The van der Waals surface area contributed by atoms with Crippen LogP contribution in [0.2, 0.25) is 0 Å². The van der Waals surface area contributed by atoms with Crippen LogP contribution in [-0.2, 0) is 11.0 Å². The maximum Gasteiger partial charge on any atom is 0.0950 e. The highest BCUT2D eigenvalue weighted by Gasteiger charge is 2.24. The van der Waals surface area contributed by atoms with Crippen LogP contribution in [0.4, 0.5) is 0 Å². The Hall–Kier alpha value is 0.0700. The first kappa shape index (κ1) is 10.6. The summed E-state index contributed by atoms with van der Waals surface area (Å²) >= 11 is 0. The molecule has 2 N–H and O–H groups in total. The van der Waals surface area contributed by atoms with Crippen molar-refractivity contribution in [3.8, 4) is 0 Å². The van der Waals surface area contributed by atoms with Crippen molar-refractivity contribution in [1.29, 1.82) is 0 Å². The minimum Gasteiger partial charge on any atom is -0.315 e. The van der Waals surface area contributed by atoms with Crippen molar-refractivity contribution in [2.24, 2.45) is 0 Å². The zero-order valence-corrected chi connectivity index (χ0v) is 9.44. The Labute approximate surface area is 88.6 Å². The second-order valence-electron chi connectivity index (χ2n) is 4.37. The van der Waals surface area contributed by atoms with Gasteiger partial charge in [-0.25, -0.2) is 8.93 Å². The van der Waals surface area contributed by atoms with Crippen LogP contribution < -0.4 is 10.0 Å². The lowest BCUT2D eigenvalue weighted by Crippen LogP contribution is -2.45. The highest BCUT2D eigenvalue weighted by atomic mass is 32.2. The zero-order chi connectivity index (χ0) is 9.80. The summed E-state index contributed by atoms with van der Waals surface area (Å²) in [5, 5.41) is 3.76. The van der Waals surface area contributed by atoms with Crippen molar-refractivity contribution >= 4 is 11.0 Å². The number of piperidine rings is 1. The van der Waals surface area contributed by atoms with E-state index in [2.05, 4.69) is 10.0 Å². The van der Waals surface area contributed by atoms with Crippen LogP contribution in [0.3, 0.4) is 0 Å². The molecule has 3 nitrogen and oxygen atoms in total. The molecule has 4 heteroatoms. The molecule has 0 aromatic carbocycles. The fourth-order valence-corrected chi connectivity index (χ4v) is 3.80. The molecule has 1 heterocycles. The maximum absolute atomic E-state index is 11.9. The molecule has 2 fully saturated rings. The van der Waals surface area contributed by atoms with E-state index < -0.39 is 11.0 Å². The van der Waals surface area contributed by atoms with Crippen LogP contribution in [0.1, 0.15) is 38.5 Å². The lowest BCUT2D eigenvalue weighted by Gasteiger charge is -2.24. The molecule has 2 rings (SSSR count). The molecule has 2 atom stereocenters. The van der Waals surface area contributed by atoms with Gasteiger partial charge in [0, 0.05) is 17.8 Å². The fourth-order valence-electron chi connectivity index (χ4n) is 2.32. The first-order chi connectivity index (χ1) is 6.86. The number of hydrogen-bond acceptors (Lipinski definition) is 2. The van der Waals surface area contributed by atoms with Crippen molar-refractivity contribution < 1.29 is 4.21 Å². The Morgan fingerprint density at radius 3 is 2.57 bits per heavy atom. The van der Waals surface area contributed by atoms with E-state index in [-0.39, 0.29) is 0 Å². The summed E-state index contributed by atoms with van der Waals surface area (Å²) in [5.41, 5.74) is 0. The topological polar surface area (TPSA) is 41.1 Å². The van der Waals surface area contributed by atoms with Crippen molar-refractivity contribution in [3.05, 3.63) is 0 Å². The van der Waals surface area contributed by atoms with Gasteiger partial charge in [0.1, 0.15) is 0 Å². The summed E-state index contributed by atoms with van der Waals surface area (Å²) in [4.78, 5) is 0. The van der Waals surface area contributed by atoms with Crippen LogP contribution in [0.15, 0.2) is 0 Å². The van der Waals surface area contributed by atoms with E-state index in [9.17, 15) is 4.21 Å². The third-order valence-electron chi connectivity index (χ3n) is 3.18. The van der Waals surface area contributed by atoms with E-state index in [0.29, 0.717) is 11.3 Å². The summed E-state index contributed by atoms with van der Waals surface area (Å²) < 4.78 is 15.2. The lowest BCUT2D eigenvalue weighted by atomic mass is 10.1. The largest absolute Gasteiger partial charge is 0.315 e. The molecule has 82 valence electrons. The summed E-state index contributed by atoms with van der Waals surface area (Å²) in [6, 6.07) is 0.435. The second kappa shape index (κ2) is 5.24. The van der Waals surface area contributed by atoms with E-state index in [1.54, 1.807) is 0 Å². The van der Waals surface area contributed by atoms with Crippen LogP contribution >= 0.6 is 0 Å². The molecule has 1 aliphatic heterocycles. The second-order valence-corrected chi connectivity index (χ2v) is 5.86. The van der Waals surface area contributed by atoms with Gasteiger partial charge in [0.15, 0.2) is 0 Å². The van der Waals surface area contributed by atoms with Crippen molar-refractivity contribution in [2.45, 2.75) is 49.8 Å². The fraction of sp³-hybridized carbons (Fsp3) is 1.00. The predicted molar refractivity (Wildman–Crippen MR) is 59.4 cm³/mol. The zero-order valence-electron chi connectivity index (χ0n) is 8.63. The molecule has 1 saturated heterocycles. The highest BCUT2D eigenvalue weighted by Crippen LogP contribution is 2.22. The summed E-state index contributed by atoms with van der Waals surface area (Å²) in [6.45, 7) is 2.10. The number of nitrogens with one attached hydrogen (secondary N) is 2. The summed E-state index contributed by atoms with van der Waals surface area (Å²) in [6.07, 6.45) is 7.21. The van der Waals surface area contributed by atoms with Gasteiger partial charge in [-0.15, -0.1) is 0 Å². The van der Waals surface area contributed by atoms with E-state index in [1.165, 1.54) is 25.7 Å². The molecule has 0 spiro atoms. The Kier molecular flexibility index (Phi) is 3.96. The van der Waals surface area contributed by atoms with Gasteiger partial charge in [-0.1, -0.05) is 12.8 Å². The molecule has 0 amide bonds. The smallest absolute Gasteiger partial charge is 0.0950 e. The quantitative estimate of drug-likeness (QED) is 0.737. The third kappa shape index (κ3) is 2.78.